The lowest BCUT2D eigenvalue weighted by Gasteiger charge is -2.37. The van der Waals surface area contributed by atoms with Crippen molar-refractivity contribution in [3.8, 4) is 0 Å². The SMILES string of the molecule is CCCCC(Br)O[Si](C)(C)C(C)(C)C. The first-order chi connectivity index (χ1) is 6.20. The van der Waals surface area contributed by atoms with E-state index in [1.54, 1.807) is 0 Å². The second-order valence-corrected chi connectivity index (χ2v) is 11.2. The first-order valence-electron chi connectivity index (χ1n) is 5.52. The van der Waals surface area contributed by atoms with Gasteiger partial charge in [-0.3, -0.25) is 0 Å². The summed E-state index contributed by atoms with van der Waals surface area (Å²) in [5.74, 6) is 0. The Labute approximate surface area is 98.9 Å². The molecular formula is C11H25BrOSi. The second kappa shape index (κ2) is 5.66. The number of alkyl halides is 1. The van der Waals surface area contributed by atoms with E-state index >= 15 is 0 Å². The van der Waals surface area contributed by atoms with E-state index in [1.165, 1.54) is 12.8 Å². The van der Waals surface area contributed by atoms with E-state index in [0.717, 1.165) is 6.42 Å². The molecule has 0 aromatic carbocycles. The quantitative estimate of drug-likeness (QED) is 0.513. The van der Waals surface area contributed by atoms with Crippen molar-refractivity contribution in [3.63, 3.8) is 0 Å². The molecule has 0 aliphatic heterocycles. The molecule has 0 amide bonds. The van der Waals surface area contributed by atoms with Crippen molar-refractivity contribution in [1.82, 2.24) is 0 Å². The van der Waals surface area contributed by atoms with E-state index in [1.807, 2.05) is 0 Å². The van der Waals surface area contributed by atoms with E-state index in [-0.39, 0.29) is 5.01 Å². The third kappa shape index (κ3) is 4.94. The molecule has 1 atom stereocenters. The number of unbranched alkanes of at least 4 members (excludes halogenated alkanes) is 1. The largest absolute Gasteiger partial charge is 0.404 e. The highest BCUT2D eigenvalue weighted by atomic mass is 79.9. The van der Waals surface area contributed by atoms with Crippen molar-refractivity contribution in [2.45, 2.75) is 70.1 Å². The Morgan fingerprint density at radius 1 is 1.29 bits per heavy atom. The Bertz CT molecular complexity index is 163. The molecule has 0 aromatic heterocycles. The highest BCUT2D eigenvalue weighted by molar-refractivity contribution is 9.09. The van der Waals surface area contributed by atoms with Gasteiger partial charge in [-0.2, -0.15) is 0 Å². The van der Waals surface area contributed by atoms with E-state index in [9.17, 15) is 0 Å². The van der Waals surface area contributed by atoms with Crippen LogP contribution < -0.4 is 0 Å². The molecule has 0 rings (SSSR count). The zero-order chi connectivity index (χ0) is 11.4. The van der Waals surface area contributed by atoms with Crippen LogP contribution in [0.25, 0.3) is 0 Å². The minimum absolute atomic E-state index is 0.253. The topological polar surface area (TPSA) is 9.23 Å². The zero-order valence-electron chi connectivity index (χ0n) is 10.5. The monoisotopic (exact) mass is 280 g/mol. The van der Waals surface area contributed by atoms with Crippen LogP contribution in [0.5, 0.6) is 0 Å². The fourth-order valence-corrected chi connectivity index (χ4v) is 3.76. The summed E-state index contributed by atoms with van der Waals surface area (Å²) in [6.07, 6.45) is 3.61. The maximum atomic E-state index is 6.16. The van der Waals surface area contributed by atoms with Gasteiger partial charge in [0.2, 0.25) is 0 Å². The van der Waals surface area contributed by atoms with E-state index in [4.69, 9.17) is 4.43 Å². The Kier molecular flexibility index (Phi) is 5.93. The first kappa shape index (κ1) is 14.7. The summed E-state index contributed by atoms with van der Waals surface area (Å²) in [5, 5.41) is 0.564. The van der Waals surface area contributed by atoms with Gasteiger partial charge in [-0.1, -0.05) is 56.5 Å². The third-order valence-corrected chi connectivity index (χ3v) is 8.49. The molecule has 1 nitrogen and oxygen atoms in total. The van der Waals surface area contributed by atoms with Gasteiger partial charge < -0.3 is 4.43 Å². The highest BCUT2D eigenvalue weighted by Crippen LogP contribution is 2.38. The van der Waals surface area contributed by atoms with Gasteiger partial charge in [-0.25, -0.2) is 0 Å². The molecule has 0 heterocycles. The number of rotatable bonds is 5. The van der Waals surface area contributed by atoms with Gasteiger partial charge in [0, 0.05) is 0 Å². The lowest BCUT2D eigenvalue weighted by atomic mass is 10.2. The van der Waals surface area contributed by atoms with Crippen LogP contribution in [-0.4, -0.2) is 13.3 Å². The summed E-state index contributed by atoms with van der Waals surface area (Å²) in [6.45, 7) is 13.6. The molecule has 86 valence electrons. The van der Waals surface area contributed by atoms with Gasteiger partial charge in [0.15, 0.2) is 8.32 Å². The minimum Gasteiger partial charge on any atom is -0.404 e. The average Bonchev–Trinajstić information content (AvgIpc) is 1.97. The summed E-state index contributed by atoms with van der Waals surface area (Å²) in [7, 11) is -1.56. The number of hydrogen-bond acceptors (Lipinski definition) is 1. The van der Waals surface area contributed by atoms with Crippen LogP contribution in [0.1, 0.15) is 47.0 Å². The van der Waals surface area contributed by atoms with Crippen LogP contribution >= 0.6 is 15.9 Å². The van der Waals surface area contributed by atoms with Crippen LogP contribution in [0.3, 0.4) is 0 Å². The molecule has 0 aliphatic rings. The van der Waals surface area contributed by atoms with Gasteiger partial charge >= 0.3 is 0 Å². The van der Waals surface area contributed by atoms with E-state index in [2.05, 4.69) is 56.7 Å². The third-order valence-electron chi connectivity index (χ3n) is 3.01. The Morgan fingerprint density at radius 2 is 1.79 bits per heavy atom. The van der Waals surface area contributed by atoms with E-state index in [0.29, 0.717) is 5.04 Å². The van der Waals surface area contributed by atoms with Crippen molar-refractivity contribution in [2.24, 2.45) is 0 Å². The molecule has 0 N–H and O–H groups in total. The summed E-state index contributed by atoms with van der Waals surface area (Å²) in [5.41, 5.74) is 0. The highest BCUT2D eigenvalue weighted by Gasteiger charge is 2.38. The van der Waals surface area contributed by atoms with Crippen LogP contribution in [-0.2, 0) is 4.43 Å². The smallest absolute Gasteiger partial charge is 0.193 e. The summed E-state index contributed by atoms with van der Waals surface area (Å²) in [6, 6.07) is 0. The second-order valence-electron chi connectivity index (χ2n) is 5.43. The molecule has 1 unspecified atom stereocenters. The molecule has 0 saturated heterocycles. The first-order valence-corrected chi connectivity index (χ1v) is 9.35. The number of hydrogen-bond donors (Lipinski definition) is 0. The lowest BCUT2D eigenvalue weighted by molar-refractivity contribution is 0.253. The van der Waals surface area contributed by atoms with Crippen molar-refractivity contribution >= 4 is 24.2 Å². The molecule has 0 aromatic rings. The minimum atomic E-state index is -1.56. The summed E-state index contributed by atoms with van der Waals surface area (Å²) in [4.78, 5) is 0. The fourth-order valence-electron chi connectivity index (χ4n) is 0.920. The zero-order valence-corrected chi connectivity index (χ0v) is 13.1. The molecule has 0 fully saturated rings. The molecule has 14 heavy (non-hydrogen) atoms. The Morgan fingerprint density at radius 3 is 2.14 bits per heavy atom. The van der Waals surface area contributed by atoms with Crippen LogP contribution in [0, 0.1) is 0 Å². The maximum Gasteiger partial charge on any atom is 0.193 e. The van der Waals surface area contributed by atoms with Crippen LogP contribution in [0.2, 0.25) is 18.1 Å². The maximum absolute atomic E-state index is 6.16. The standard InChI is InChI=1S/C11H25BrOSi/c1-7-8-9-10(12)13-14(5,6)11(2,3)4/h10H,7-9H2,1-6H3. The van der Waals surface area contributed by atoms with Crippen molar-refractivity contribution in [1.29, 1.82) is 0 Å². The number of halogens is 1. The predicted molar refractivity (Wildman–Crippen MR) is 70.5 cm³/mol. The van der Waals surface area contributed by atoms with Crippen LogP contribution in [0.4, 0.5) is 0 Å². The van der Waals surface area contributed by atoms with Crippen LogP contribution in [0.15, 0.2) is 0 Å². The van der Waals surface area contributed by atoms with Crippen molar-refractivity contribution in [3.05, 3.63) is 0 Å². The molecule has 0 radical (unpaired) electrons. The van der Waals surface area contributed by atoms with Crippen molar-refractivity contribution < 1.29 is 4.43 Å². The fraction of sp³-hybridized carbons (Fsp3) is 1.00. The molecule has 0 aliphatic carbocycles. The van der Waals surface area contributed by atoms with Gasteiger partial charge in [0.25, 0.3) is 0 Å². The van der Waals surface area contributed by atoms with Gasteiger partial charge in [-0.15, -0.1) is 0 Å². The molecule has 0 bridgehead atoms. The van der Waals surface area contributed by atoms with Crippen molar-refractivity contribution in [2.75, 3.05) is 0 Å². The Balaban J connectivity index is 4.08. The molecule has 3 heteroatoms. The predicted octanol–water partition coefficient (Wildman–Crippen LogP) is 4.92. The van der Waals surface area contributed by atoms with E-state index < -0.39 is 8.32 Å². The molecular weight excluding hydrogens is 256 g/mol. The van der Waals surface area contributed by atoms with Gasteiger partial charge in [-0.05, 0) is 24.6 Å². The Hall–Kier alpha value is 0.657. The average molecular weight is 281 g/mol. The van der Waals surface area contributed by atoms with Gasteiger partial charge in [0.05, 0.1) is 0 Å². The summed E-state index contributed by atoms with van der Waals surface area (Å²) >= 11 is 3.62. The summed E-state index contributed by atoms with van der Waals surface area (Å²) < 4.78 is 6.16. The lowest BCUT2D eigenvalue weighted by Crippen LogP contribution is -2.42. The van der Waals surface area contributed by atoms with Gasteiger partial charge in [0.1, 0.15) is 5.01 Å². The molecule has 0 spiro atoms. The molecule has 0 saturated carbocycles. The normalized spacial score (nSPS) is 15.6.